The molecule has 0 saturated carbocycles. The van der Waals surface area contributed by atoms with E-state index in [1.165, 1.54) is 0 Å². The van der Waals surface area contributed by atoms with E-state index in [4.69, 9.17) is 13.8 Å². The zero-order chi connectivity index (χ0) is 32.3. The van der Waals surface area contributed by atoms with E-state index in [1.54, 1.807) is 0 Å². The lowest BCUT2D eigenvalue weighted by Crippen LogP contribution is -2.09. The molecule has 2 aromatic heterocycles. The molecule has 49 heavy (non-hydrogen) atoms. The summed E-state index contributed by atoms with van der Waals surface area (Å²) >= 11 is 0. The first-order chi connectivity index (χ1) is 24.3. The van der Waals surface area contributed by atoms with E-state index < -0.39 is 0 Å². The largest absolute Gasteiger partial charge is 0.456 e. The van der Waals surface area contributed by atoms with Crippen molar-refractivity contribution in [3.8, 4) is 22.6 Å². The van der Waals surface area contributed by atoms with Crippen molar-refractivity contribution in [1.29, 1.82) is 0 Å². The molecule has 0 bridgehead atoms. The fraction of sp³-hybridized carbons (Fsp3) is 0. The molecule has 4 heteroatoms. The monoisotopic (exact) mass is 628 g/mol. The maximum Gasteiger partial charge on any atom is 0.227 e. The molecule has 8 aromatic carbocycles. The van der Waals surface area contributed by atoms with E-state index in [1.807, 2.05) is 42.5 Å². The summed E-state index contributed by atoms with van der Waals surface area (Å²) in [6, 6.07) is 59.2. The Labute approximate surface area is 282 Å². The van der Waals surface area contributed by atoms with E-state index >= 15 is 0 Å². The van der Waals surface area contributed by atoms with E-state index in [9.17, 15) is 0 Å². The average molecular weight is 629 g/mol. The SMILES string of the molecule is c1ccc(-c2nc3ccc4c(-c5ccccc5)cc5ccc(N(c6ccccc6)c6ccc7oc8ccccc8c7c6)cc5c4c3o2)cc1. The lowest BCUT2D eigenvalue weighted by Gasteiger charge is -2.26. The van der Waals surface area contributed by atoms with E-state index in [-0.39, 0.29) is 0 Å². The number of aromatic nitrogens is 1. The van der Waals surface area contributed by atoms with Crippen LogP contribution in [0.25, 0.3) is 77.2 Å². The Balaban J connectivity index is 1.25. The Kier molecular flexibility index (Phi) is 6.15. The molecular formula is C45H28N2O2. The van der Waals surface area contributed by atoms with Gasteiger partial charge < -0.3 is 13.7 Å². The van der Waals surface area contributed by atoms with Crippen molar-refractivity contribution in [2.24, 2.45) is 0 Å². The first-order valence-electron chi connectivity index (χ1n) is 16.5. The number of hydrogen-bond donors (Lipinski definition) is 0. The Morgan fingerprint density at radius 3 is 1.88 bits per heavy atom. The zero-order valence-electron chi connectivity index (χ0n) is 26.4. The molecule has 0 N–H and O–H groups in total. The van der Waals surface area contributed by atoms with Crippen LogP contribution in [-0.4, -0.2) is 4.98 Å². The summed E-state index contributed by atoms with van der Waals surface area (Å²) in [6.07, 6.45) is 0. The molecule has 230 valence electrons. The summed E-state index contributed by atoms with van der Waals surface area (Å²) in [7, 11) is 0. The van der Waals surface area contributed by atoms with Gasteiger partial charge in [-0.25, -0.2) is 4.98 Å². The highest BCUT2D eigenvalue weighted by Gasteiger charge is 2.20. The third kappa shape index (κ3) is 4.49. The van der Waals surface area contributed by atoms with Gasteiger partial charge in [-0.05, 0) is 100 Å². The first-order valence-corrected chi connectivity index (χ1v) is 16.5. The molecular weight excluding hydrogens is 601 g/mol. The minimum Gasteiger partial charge on any atom is -0.456 e. The Hall–Kier alpha value is -6.65. The number of hydrogen-bond acceptors (Lipinski definition) is 4. The maximum atomic E-state index is 6.68. The predicted octanol–water partition coefficient (Wildman–Crippen LogP) is 12.8. The maximum absolute atomic E-state index is 6.68. The third-order valence-electron chi connectivity index (χ3n) is 9.45. The summed E-state index contributed by atoms with van der Waals surface area (Å²) in [5.41, 5.74) is 9.81. The fourth-order valence-corrected chi connectivity index (χ4v) is 7.18. The van der Waals surface area contributed by atoms with Gasteiger partial charge in [0.05, 0.1) is 0 Å². The van der Waals surface area contributed by atoms with Gasteiger partial charge in [0.1, 0.15) is 16.7 Å². The number of para-hydroxylation sites is 2. The highest BCUT2D eigenvalue weighted by Crippen LogP contribution is 2.44. The van der Waals surface area contributed by atoms with Crippen molar-refractivity contribution in [2.45, 2.75) is 0 Å². The number of rotatable bonds is 5. The van der Waals surface area contributed by atoms with Crippen LogP contribution in [0.15, 0.2) is 179 Å². The number of nitrogens with zero attached hydrogens (tertiary/aromatic N) is 2. The molecule has 0 saturated heterocycles. The van der Waals surface area contributed by atoms with Crippen LogP contribution in [0, 0.1) is 0 Å². The van der Waals surface area contributed by atoms with Crippen LogP contribution in [0.2, 0.25) is 0 Å². The van der Waals surface area contributed by atoms with Crippen LogP contribution in [0.5, 0.6) is 0 Å². The van der Waals surface area contributed by atoms with Crippen molar-refractivity contribution in [3.05, 3.63) is 170 Å². The average Bonchev–Trinajstić information content (AvgIpc) is 3.78. The van der Waals surface area contributed by atoms with Gasteiger partial charge in [-0.2, -0.15) is 0 Å². The minimum atomic E-state index is 0.615. The lowest BCUT2D eigenvalue weighted by atomic mass is 9.92. The molecule has 0 aliphatic rings. The summed E-state index contributed by atoms with van der Waals surface area (Å²) < 4.78 is 12.9. The molecule has 0 radical (unpaired) electrons. The molecule has 0 aliphatic carbocycles. The van der Waals surface area contributed by atoms with Gasteiger partial charge in [0.25, 0.3) is 0 Å². The van der Waals surface area contributed by atoms with E-state index in [2.05, 4.69) is 132 Å². The van der Waals surface area contributed by atoms with E-state index in [0.29, 0.717) is 5.89 Å². The lowest BCUT2D eigenvalue weighted by molar-refractivity contribution is 0.623. The molecule has 0 atom stereocenters. The second kappa shape index (κ2) is 11.0. The normalized spacial score (nSPS) is 11.7. The van der Waals surface area contributed by atoms with E-state index in [0.717, 1.165) is 88.3 Å². The van der Waals surface area contributed by atoms with Crippen LogP contribution in [0.4, 0.5) is 17.1 Å². The topological polar surface area (TPSA) is 42.4 Å². The highest BCUT2D eigenvalue weighted by molar-refractivity contribution is 6.23. The van der Waals surface area contributed by atoms with Crippen LogP contribution in [0.1, 0.15) is 0 Å². The van der Waals surface area contributed by atoms with Gasteiger partial charge in [-0.15, -0.1) is 0 Å². The van der Waals surface area contributed by atoms with Gasteiger partial charge >= 0.3 is 0 Å². The highest BCUT2D eigenvalue weighted by atomic mass is 16.3. The Morgan fingerprint density at radius 2 is 1.08 bits per heavy atom. The van der Waals surface area contributed by atoms with Crippen LogP contribution >= 0.6 is 0 Å². The second-order valence-corrected chi connectivity index (χ2v) is 12.4. The van der Waals surface area contributed by atoms with Crippen molar-refractivity contribution < 1.29 is 8.83 Å². The molecule has 4 nitrogen and oxygen atoms in total. The molecule has 10 aromatic rings. The predicted molar refractivity (Wildman–Crippen MR) is 202 cm³/mol. The summed E-state index contributed by atoms with van der Waals surface area (Å²) in [5.74, 6) is 0.615. The molecule has 2 heterocycles. The molecule has 0 spiro atoms. The first kappa shape index (κ1) is 27.5. The third-order valence-corrected chi connectivity index (χ3v) is 9.45. The van der Waals surface area contributed by atoms with Crippen LogP contribution in [-0.2, 0) is 0 Å². The van der Waals surface area contributed by atoms with Crippen LogP contribution in [0.3, 0.4) is 0 Å². The minimum absolute atomic E-state index is 0.615. The molecule has 10 rings (SSSR count). The number of oxazole rings is 1. The quantitative estimate of drug-likeness (QED) is 0.178. The molecule has 0 fully saturated rings. The van der Waals surface area contributed by atoms with Crippen molar-refractivity contribution in [2.75, 3.05) is 4.90 Å². The van der Waals surface area contributed by atoms with Crippen molar-refractivity contribution in [1.82, 2.24) is 4.98 Å². The van der Waals surface area contributed by atoms with Gasteiger partial charge in [-0.1, -0.05) is 97.1 Å². The number of anilines is 3. The standard InChI is InChI=1S/C45H28N2O2/c1-4-12-29(13-5-1)37-26-31-20-21-33(27-38(31)43-36(37)23-24-40-44(43)49-45(46-40)30-14-6-2-7-15-30)47(32-16-8-3-9-17-32)34-22-25-42-39(28-34)35-18-10-11-19-41(35)48-42/h1-28H. The fourth-order valence-electron chi connectivity index (χ4n) is 7.18. The van der Waals surface area contributed by atoms with Crippen LogP contribution < -0.4 is 4.90 Å². The molecule has 0 unspecified atom stereocenters. The second-order valence-electron chi connectivity index (χ2n) is 12.4. The van der Waals surface area contributed by atoms with Crippen molar-refractivity contribution in [3.63, 3.8) is 0 Å². The smallest absolute Gasteiger partial charge is 0.227 e. The summed E-state index contributed by atoms with van der Waals surface area (Å²) in [6.45, 7) is 0. The van der Waals surface area contributed by atoms with Crippen molar-refractivity contribution >= 4 is 71.6 Å². The molecule has 0 aliphatic heterocycles. The van der Waals surface area contributed by atoms with Gasteiger partial charge in [0.15, 0.2) is 5.58 Å². The van der Waals surface area contributed by atoms with Gasteiger partial charge in [0, 0.05) is 38.8 Å². The molecule has 0 amide bonds. The summed E-state index contributed by atoms with van der Waals surface area (Å²) in [4.78, 5) is 7.27. The summed E-state index contributed by atoms with van der Waals surface area (Å²) in [5, 5.41) is 6.59. The zero-order valence-corrected chi connectivity index (χ0v) is 26.4. The number of benzene rings is 8. The van der Waals surface area contributed by atoms with Gasteiger partial charge in [0.2, 0.25) is 5.89 Å². The van der Waals surface area contributed by atoms with Gasteiger partial charge in [-0.3, -0.25) is 0 Å². The Bertz CT molecular complexity index is 2820. The number of furan rings is 1. The number of fused-ring (bicyclic) bond motifs is 8. The Morgan fingerprint density at radius 1 is 0.429 bits per heavy atom.